The van der Waals surface area contributed by atoms with E-state index in [0.29, 0.717) is 18.6 Å². The Morgan fingerprint density at radius 2 is 1.49 bits per heavy atom. The molecule has 1 aliphatic rings. The molecule has 0 aliphatic carbocycles. The van der Waals surface area contributed by atoms with Gasteiger partial charge in [0.15, 0.2) is 0 Å². The van der Waals surface area contributed by atoms with E-state index in [1.54, 1.807) is 13.8 Å². The predicted octanol–water partition coefficient (Wildman–Crippen LogP) is 6.27. The van der Waals surface area contributed by atoms with Crippen LogP contribution in [0.3, 0.4) is 0 Å². The van der Waals surface area contributed by atoms with Crippen LogP contribution in [-0.4, -0.2) is 23.8 Å². The monoisotopic (exact) mass is 522 g/mol. The summed E-state index contributed by atoms with van der Waals surface area (Å²) < 4.78 is 17.7. The first kappa shape index (κ1) is 26.5. The molecule has 0 aromatic heterocycles. The van der Waals surface area contributed by atoms with Gasteiger partial charge in [0.05, 0.1) is 5.41 Å². The third-order valence-electron chi connectivity index (χ3n) is 7.55. The fourth-order valence-corrected chi connectivity index (χ4v) is 4.98. The second-order valence-electron chi connectivity index (χ2n) is 10.6. The topological polar surface area (TPSA) is 65.0 Å². The number of para-hydroxylation sites is 1. The quantitative estimate of drug-likeness (QED) is 0.263. The van der Waals surface area contributed by atoms with E-state index in [0.717, 1.165) is 28.2 Å². The number of aliphatic hydroxyl groups is 1. The van der Waals surface area contributed by atoms with Crippen LogP contribution in [0.15, 0.2) is 109 Å². The Balaban J connectivity index is 1.33. The van der Waals surface area contributed by atoms with Crippen molar-refractivity contribution in [2.45, 2.75) is 45.0 Å². The summed E-state index contributed by atoms with van der Waals surface area (Å²) in [6, 6.07) is 34.8. The summed E-state index contributed by atoms with van der Waals surface area (Å²) in [5.74, 6) is 1.09. The van der Waals surface area contributed by atoms with Gasteiger partial charge < -0.3 is 19.3 Å². The molecule has 4 aromatic rings. The molecule has 2 unspecified atom stereocenters. The molecular formula is C34H34O5. The number of hydrogen-bond donors (Lipinski definition) is 1. The van der Waals surface area contributed by atoms with Gasteiger partial charge in [0.25, 0.3) is 0 Å². The Morgan fingerprint density at radius 1 is 0.846 bits per heavy atom. The van der Waals surface area contributed by atoms with Gasteiger partial charge in [-0.05, 0) is 54.3 Å². The molecule has 5 heteroatoms. The number of benzene rings is 4. The first-order chi connectivity index (χ1) is 18.8. The summed E-state index contributed by atoms with van der Waals surface area (Å²) >= 11 is 0. The van der Waals surface area contributed by atoms with Crippen LogP contribution in [0.2, 0.25) is 0 Å². The van der Waals surface area contributed by atoms with Gasteiger partial charge in [-0.15, -0.1) is 0 Å². The van der Waals surface area contributed by atoms with E-state index in [1.807, 2.05) is 109 Å². The first-order valence-electron chi connectivity index (χ1n) is 13.3. The SMILES string of the molecule is CC(C)(C(=O)OC1COc2ccccc2C1)C(O)(Cc1ccc(OCc2ccccc2)cc1)c1ccccc1. The van der Waals surface area contributed by atoms with Crippen molar-refractivity contribution in [1.29, 1.82) is 0 Å². The maximum Gasteiger partial charge on any atom is 0.315 e. The van der Waals surface area contributed by atoms with E-state index in [4.69, 9.17) is 14.2 Å². The lowest BCUT2D eigenvalue weighted by Gasteiger charge is -2.42. The average Bonchev–Trinajstić information content (AvgIpc) is 2.97. The highest BCUT2D eigenvalue weighted by Crippen LogP contribution is 2.44. The normalized spacial score (nSPS) is 16.3. The second-order valence-corrected chi connectivity index (χ2v) is 10.6. The van der Waals surface area contributed by atoms with Crippen LogP contribution in [-0.2, 0) is 34.6 Å². The highest BCUT2D eigenvalue weighted by molar-refractivity contribution is 5.78. The predicted molar refractivity (Wildman–Crippen MR) is 151 cm³/mol. The van der Waals surface area contributed by atoms with Gasteiger partial charge in [0.2, 0.25) is 0 Å². The van der Waals surface area contributed by atoms with E-state index in [1.165, 1.54) is 0 Å². The van der Waals surface area contributed by atoms with Crippen LogP contribution < -0.4 is 9.47 Å². The summed E-state index contributed by atoms with van der Waals surface area (Å²) in [5, 5.41) is 12.3. The van der Waals surface area contributed by atoms with Gasteiger partial charge in [0.1, 0.15) is 36.4 Å². The average molecular weight is 523 g/mol. The van der Waals surface area contributed by atoms with Crippen molar-refractivity contribution in [3.05, 3.63) is 131 Å². The van der Waals surface area contributed by atoms with Gasteiger partial charge in [-0.25, -0.2) is 0 Å². The van der Waals surface area contributed by atoms with Crippen molar-refractivity contribution in [3.8, 4) is 11.5 Å². The highest BCUT2D eigenvalue weighted by atomic mass is 16.6. The molecule has 200 valence electrons. The van der Waals surface area contributed by atoms with Gasteiger partial charge >= 0.3 is 5.97 Å². The number of carbonyl (C=O) groups excluding carboxylic acids is 1. The smallest absolute Gasteiger partial charge is 0.315 e. The van der Waals surface area contributed by atoms with E-state index < -0.39 is 23.1 Å². The molecule has 0 bridgehead atoms. The third kappa shape index (κ3) is 5.84. The molecule has 5 nitrogen and oxygen atoms in total. The Morgan fingerprint density at radius 3 is 2.21 bits per heavy atom. The van der Waals surface area contributed by atoms with E-state index in [2.05, 4.69) is 0 Å². The maximum atomic E-state index is 13.7. The van der Waals surface area contributed by atoms with Gasteiger partial charge in [-0.3, -0.25) is 4.79 Å². The second kappa shape index (κ2) is 11.3. The molecule has 0 saturated carbocycles. The summed E-state index contributed by atoms with van der Waals surface area (Å²) in [6.45, 7) is 4.25. The molecule has 0 fully saturated rings. The molecule has 1 aliphatic heterocycles. The van der Waals surface area contributed by atoms with Crippen LogP contribution in [0, 0.1) is 5.41 Å². The summed E-state index contributed by atoms with van der Waals surface area (Å²) in [6.07, 6.45) is 0.376. The van der Waals surface area contributed by atoms with Crippen molar-refractivity contribution in [2.75, 3.05) is 6.61 Å². The zero-order valence-electron chi connectivity index (χ0n) is 22.4. The van der Waals surface area contributed by atoms with Gasteiger partial charge in [-0.1, -0.05) is 91.0 Å². The van der Waals surface area contributed by atoms with Crippen molar-refractivity contribution in [3.63, 3.8) is 0 Å². The van der Waals surface area contributed by atoms with Crippen molar-refractivity contribution >= 4 is 5.97 Å². The zero-order chi connectivity index (χ0) is 27.3. The van der Waals surface area contributed by atoms with E-state index >= 15 is 0 Å². The molecule has 39 heavy (non-hydrogen) atoms. The fraction of sp³-hybridized carbons (Fsp3) is 0.265. The standard InChI is InChI=1S/C34H34O5/c1-33(2,32(35)39-30-21-27-13-9-10-16-31(27)38-24-30)34(36,28-14-7-4-8-15-28)22-25-17-19-29(20-18-25)37-23-26-11-5-3-6-12-26/h3-20,30,36H,21-24H2,1-2H3. The number of hydrogen-bond acceptors (Lipinski definition) is 5. The van der Waals surface area contributed by atoms with Crippen LogP contribution in [0.1, 0.15) is 36.1 Å². The van der Waals surface area contributed by atoms with Crippen LogP contribution in [0.4, 0.5) is 0 Å². The Bertz CT molecular complexity index is 1380. The fourth-order valence-electron chi connectivity index (χ4n) is 4.98. The van der Waals surface area contributed by atoms with Crippen molar-refractivity contribution in [1.82, 2.24) is 0 Å². The lowest BCUT2D eigenvalue weighted by atomic mass is 9.67. The van der Waals surface area contributed by atoms with E-state index in [9.17, 15) is 9.90 Å². The zero-order valence-corrected chi connectivity index (χ0v) is 22.4. The van der Waals surface area contributed by atoms with E-state index in [-0.39, 0.29) is 13.0 Å². The maximum absolute atomic E-state index is 13.7. The number of rotatable bonds is 9. The molecule has 0 amide bonds. The first-order valence-corrected chi connectivity index (χ1v) is 13.3. The van der Waals surface area contributed by atoms with Gasteiger partial charge in [-0.2, -0.15) is 0 Å². The molecule has 0 saturated heterocycles. The third-order valence-corrected chi connectivity index (χ3v) is 7.55. The van der Waals surface area contributed by atoms with Gasteiger partial charge in [0, 0.05) is 12.8 Å². The molecule has 4 aromatic carbocycles. The molecule has 1 N–H and O–H groups in total. The Hall–Kier alpha value is -4.09. The Labute approximate surface area is 230 Å². The van der Waals surface area contributed by atoms with Crippen LogP contribution >= 0.6 is 0 Å². The number of esters is 1. The molecule has 0 radical (unpaired) electrons. The molecule has 5 rings (SSSR count). The minimum Gasteiger partial charge on any atom is -0.489 e. The molecule has 1 heterocycles. The number of fused-ring (bicyclic) bond motifs is 1. The van der Waals surface area contributed by atoms with Crippen LogP contribution in [0.25, 0.3) is 0 Å². The minimum absolute atomic E-state index is 0.224. The summed E-state index contributed by atoms with van der Waals surface area (Å²) in [7, 11) is 0. The lowest BCUT2D eigenvalue weighted by Crippen LogP contribution is -2.51. The molecule has 0 spiro atoms. The highest BCUT2D eigenvalue weighted by Gasteiger charge is 2.51. The lowest BCUT2D eigenvalue weighted by molar-refractivity contribution is -0.180. The minimum atomic E-state index is -1.52. The number of carbonyl (C=O) groups is 1. The van der Waals surface area contributed by atoms with Crippen molar-refractivity contribution < 1.29 is 24.1 Å². The summed E-state index contributed by atoms with van der Waals surface area (Å²) in [5.41, 5.74) is 0.851. The summed E-state index contributed by atoms with van der Waals surface area (Å²) in [4.78, 5) is 13.7. The Kier molecular flexibility index (Phi) is 7.71. The number of ether oxygens (including phenoxy) is 3. The van der Waals surface area contributed by atoms with Crippen molar-refractivity contribution in [2.24, 2.45) is 5.41 Å². The molecular weight excluding hydrogens is 488 g/mol. The van der Waals surface area contributed by atoms with Crippen LogP contribution in [0.5, 0.6) is 11.5 Å². The molecule has 2 atom stereocenters. The largest absolute Gasteiger partial charge is 0.489 e.